The first-order chi connectivity index (χ1) is 15.9. The van der Waals surface area contributed by atoms with Gasteiger partial charge in [-0.3, -0.25) is 9.78 Å². The third-order valence-electron chi connectivity index (χ3n) is 6.05. The van der Waals surface area contributed by atoms with Gasteiger partial charge in [0, 0.05) is 31.2 Å². The van der Waals surface area contributed by atoms with Gasteiger partial charge in [0.2, 0.25) is 0 Å². The van der Waals surface area contributed by atoms with E-state index in [-0.39, 0.29) is 11.7 Å². The number of nitrogens with zero attached hydrogens (tertiary/aromatic N) is 5. The van der Waals surface area contributed by atoms with Gasteiger partial charge in [-0.1, -0.05) is 13.8 Å². The maximum atomic E-state index is 14.3. The Kier molecular flexibility index (Phi) is 6.94. The number of nitrogens with one attached hydrogen (secondary N) is 1. The Morgan fingerprint density at radius 2 is 2.18 bits per heavy atom. The lowest BCUT2D eigenvalue weighted by atomic mass is 9.83. The molecule has 1 aliphatic rings. The summed E-state index contributed by atoms with van der Waals surface area (Å²) in [6.07, 6.45) is 4.89. The van der Waals surface area contributed by atoms with Crippen molar-refractivity contribution in [2.75, 3.05) is 25.0 Å². The summed E-state index contributed by atoms with van der Waals surface area (Å²) in [5.74, 6) is 0.118. The molecule has 33 heavy (non-hydrogen) atoms. The van der Waals surface area contributed by atoms with Gasteiger partial charge in [-0.05, 0) is 43.5 Å². The molecule has 2 N–H and O–H groups in total. The maximum absolute atomic E-state index is 14.3. The van der Waals surface area contributed by atoms with Gasteiger partial charge >= 0.3 is 0 Å². The molecular weight excluding hydrogens is 443 g/mol. The van der Waals surface area contributed by atoms with Crippen LogP contribution in [0.1, 0.15) is 48.5 Å². The number of halogens is 1. The van der Waals surface area contributed by atoms with Crippen LogP contribution >= 0.6 is 11.3 Å². The number of aliphatic hydroxyl groups is 1. The van der Waals surface area contributed by atoms with Gasteiger partial charge in [-0.15, -0.1) is 21.5 Å². The first-order valence-corrected chi connectivity index (χ1v) is 11.8. The van der Waals surface area contributed by atoms with Crippen LogP contribution in [0.3, 0.4) is 0 Å². The number of carbonyl (C=O) groups is 1. The molecular formula is C23H27FN6O2S. The number of rotatable bonds is 7. The van der Waals surface area contributed by atoms with Crippen molar-refractivity contribution in [2.45, 2.75) is 44.6 Å². The Morgan fingerprint density at radius 1 is 1.33 bits per heavy atom. The number of amides is 1. The molecule has 2 unspecified atom stereocenters. The molecule has 2 atom stereocenters. The van der Waals surface area contributed by atoms with Gasteiger partial charge in [0.05, 0.1) is 18.0 Å². The predicted molar refractivity (Wildman–Crippen MR) is 125 cm³/mol. The average molecular weight is 471 g/mol. The van der Waals surface area contributed by atoms with Gasteiger partial charge < -0.3 is 15.3 Å². The summed E-state index contributed by atoms with van der Waals surface area (Å²) >= 11 is 1.26. The summed E-state index contributed by atoms with van der Waals surface area (Å²) < 4.78 is 14.3. The van der Waals surface area contributed by atoms with Gasteiger partial charge in [0.15, 0.2) is 0 Å². The molecule has 1 fully saturated rings. The number of piperidine rings is 1. The van der Waals surface area contributed by atoms with E-state index in [9.17, 15) is 14.3 Å². The largest absolute Gasteiger partial charge is 0.391 e. The third-order valence-corrected chi connectivity index (χ3v) is 7.06. The minimum atomic E-state index is -0.502. The molecule has 3 aromatic heterocycles. The van der Waals surface area contributed by atoms with E-state index in [1.807, 2.05) is 13.8 Å². The zero-order valence-corrected chi connectivity index (χ0v) is 19.5. The molecule has 1 aliphatic heterocycles. The van der Waals surface area contributed by atoms with Crippen LogP contribution < -0.4 is 5.32 Å². The monoisotopic (exact) mass is 470 g/mol. The number of hydrogen-bond acceptors (Lipinski definition) is 8. The molecule has 0 spiro atoms. The molecule has 0 saturated carbocycles. The minimum Gasteiger partial charge on any atom is -0.391 e. The summed E-state index contributed by atoms with van der Waals surface area (Å²) in [7, 11) is 0. The Labute approximate surface area is 195 Å². The van der Waals surface area contributed by atoms with E-state index in [0.717, 1.165) is 12.8 Å². The molecule has 4 heterocycles. The SMILES string of the molecule is CCC(C)(CNc1ccc(-c2ncc(C(=O)N3CCCC(O)C3)s2)nn1)c1ncccc1F. The highest BCUT2D eigenvalue weighted by Gasteiger charge is 2.29. The van der Waals surface area contributed by atoms with Crippen molar-refractivity contribution < 1.29 is 14.3 Å². The van der Waals surface area contributed by atoms with Crippen LogP contribution in [-0.4, -0.2) is 61.8 Å². The number of thiazole rings is 1. The smallest absolute Gasteiger partial charge is 0.265 e. The van der Waals surface area contributed by atoms with Crippen LogP contribution in [0, 0.1) is 5.82 Å². The Morgan fingerprint density at radius 3 is 2.88 bits per heavy atom. The Bertz CT molecular complexity index is 1110. The first kappa shape index (κ1) is 23.2. The number of anilines is 1. The van der Waals surface area contributed by atoms with Crippen LogP contribution in [0.5, 0.6) is 0 Å². The van der Waals surface area contributed by atoms with Gasteiger partial charge in [0.25, 0.3) is 5.91 Å². The van der Waals surface area contributed by atoms with Crippen molar-refractivity contribution in [3.05, 3.63) is 53.0 Å². The molecule has 4 rings (SSSR count). The fourth-order valence-corrected chi connectivity index (χ4v) is 4.67. The molecule has 1 saturated heterocycles. The van der Waals surface area contributed by atoms with Crippen LogP contribution in [0.15, 0.2) is 36.7 Å². The van der Waals surface area contributed by atoms with E-state index < -0.39 is 11.5 Å². The van der Waals surface area contributed by atoms with E-state index >= 15 is 0 Å². The van der Waals surface area contributed by atoms with Crippen molar-refractivity contribution >= 4 is 23.1 Å². The highest BCUT2D eigenvalue weighted by atomic mass is 32.1. The quantitative estimate of drug-likeness (QED) is 0.544. The van der Waals surface area contributed by atoms with E-state index in [0.29, 0.717) is 53.1 Å². The van der Waals surface area contributed by atoms with Gasteiger partial charge in [-0.25, -0.2) is 9.37 Å². The Balaban J connectivity index is 1.41. The standard InChI is InChI=1S/C23H27FN6O2S/c1-3-23(2,20-16(24)7-4-10-25-20)14-27-19-9-8-17(28-29-19)21-26-12-18(33-21)22(32)30-11-5-6-15(31)13-30/h4,7-10,12,15,31H,3,5-6,11,13-14H2,1-2H3,(H,27,29). The number of pyridine rings is 1. The first-order valence-electron chi connectivity index (χ1n) is 11.0. The molecule has 174 valence electrons. The summed E-state index contributed by atoms with van der Waals surface area (Å²) in [4.78, 5) is 23.5. The Hall–Kier alpha value is -2.98. The fraction of sp³-hybridized carbons (Fsp3) is 0.435. The molecule has 0 aromatic carbocycles. The average Bonchev–Trinajstić information content (AvgIpc) is 3.33. The van der Waals surface area contributed by atoms with E-state index in [1.165, 1.54) is 17.4 Å². The van der Waals surface area contributed by atoms with Gasteiger partial charge in [0.1, 0.15) is 27.2 Å². The fourth-order valence-electron chi connectivity index (χ4n) is 3.82. The molecule has 0 bridgehead atoms. The lowest BCUT2D eigenvalue weighted by molar-refractivity contribution is 0.0477. The predicted octanol–water partition coefficient (Wildman–Crippen LogP) is 3.51. The highest BCUT2D eigenvalue weighted by molar-refractivity contribution is 7.16. The van der Waals surface area contributed by atoms with Crippen LogP contribution in [0.2, 0.25) is 0 Å². The summed E-state index contributed by atoms with van der Waals surface area (Å²) in [6.45, 7) is 5.40. The highest BCUT2D eigenvalue weighted by Crippen LogP contribution is 2.29. The van der Waals surface area contributed by atoms with Crippen molar-refractivity contribution in [3.8, 4) is 10.7 Å². The number of likely N-dealkylation sites (tertiary alicyclic amines) is 1. The number of hydrogen-bond donors (Lipinski definition) is 2. The van der Waals surface area contributed by atoms with Crippen LogP contribution in [0.4, 0.5) is 10.2 Å². The minimum absolute atomic E-state index is 0.121. The number of β-amino-alcohol motifs (C(OH)–C–C–N with tert-alkyl or cyclic N) is 1. The molecule has 0 radical (unpaired) electrons. The number of aliphatic hydroxyl groups excluding tert-OH is 1. The van der Waals surface area contributed by atoms with E-state index in [1.54, 1.807) is 35.5 Å². The van der Waals surface area contributed by atoms with E-state index in [4.69, 9.17) is 0 Å². The second-order valence-electron chi connectivity index (χ2n) is 8.48. The van der Waals surface area contributed by atoms with Crippen LogP contribution in [-0.2, 0) is 5.41 Å². The lowest BCUT2D eigenvalue weighted by Crippen LogP contribution is -2.41. The topological polar surface area (TPSA) is 104 Å². The molecule has 10 heteroatoms. The number of carbonyl (C=O) groups excluding carboxylic acids is 1. The second-order valence-corrected chi connectivity index (χ2v) is 9.51. The van der Waals surface area contributed by atoms with Crippen molar-refractivity contribution in [2.24, 2.45) is 0 Å². The molecule has 8 nitrogen and oxygen atoms in total. The number of aromatic nitrogens is 4. The zero-order valence-electron chi connectivity index (χ0n) is 18.7. The third kappa shape index (κ3) is 5.17. The normalized spacial score (nSPS) is 18.1. The zero-order chi connectivity index (χ0) is 23.4. The van der Waals surface area contributed by atoms with Gasteiger partial charge in [-0.2, -0.15) is 0 Å². The van der Waals surface area contributed by atoms with Crippen LogP contribution in [0.25, 0.3) is 10.7 Å². The van der Waals surface area contributed by atoms with Crippen molar-refractivity contribution in [1.29, 1.82) is 0 Å². The van der Waals surface area contributed by atoms with Crippen molar-refractivity contribution in [1.82, 2.24) is 25.1 Å². The molecule has 1 amide bonds. The summed E-state index contributed by atoms with van der Waals surface area (Å²) in [6, 6.07) is 6.58. The maximum Gasteiger partial charge on any atom is 0.265 e. The van der Waals surface area contributed by atoms with Crippen molar-refractivity contribution in [3.63, 3.8) is 0 Å². The molecule has 0 aliphatic carbocycles. The second kappa shape index (κ2) is 9.88. The summed E-state index contributed by atoms with van der Waals surface area (Å²) in [5, 5.41) is 22.1. The summed E-state index contributed by atoms with van der Waals surface area (Å²) in [5.41, 5.74) is 0.487. The van der Waals surface area contributed by atoms with E-state index in [2.05, 4.69) is 25.5 Å². The lowest BCUT2D eigenvalue weighted by Gasteiger charge is -2.29. The molecule has 3 aromatic rings.